The summed E-state index contributed by atoms with van der Waals surface area (Å²) < 4.78 is 1.36. The summed E-state index contributed by atoms with van der Waals surface area (Å²) >= 11 is 6.35. The van der Waals surface area contributed by atoms with E-state index in [0.717, 1.165) is 5.56 Å². The van der Waals surface area contributed by atoms with Crippen molar-refractivity contribution in [2.24, 2.45) is 4.99 Å². The zero-order valence-corrected chi connectivity index (χ0v) is 16.6. The van der Waals surface area contributed by atoms with Crippen LogP contribution in [0.4, 0.5) is 11.6 Å². The fraction of sp³-hybridized carbons (Fsp3) is 0.150. The van der Waals surface area contributed by atoms with Crippen LogP contribution in [-0.2, 0) is 6.54 Å². The SMILES string of the molecule is Cc1cc(=O)n2c(n1)NC(=NCc1ccccc1)N[C@@H]2c1cc([N+](=O)[O-])ccc1Cl. The van der Waals surface area contributed by atoms with Crippen LogP contribution in [-0.4, -0.2) is 20.4 Å². The fourth-order valence-corrected chi connectivity index (χ4v) is 3.41. The van der Waals surface area contributed by atoms with Gasteiger partial charge in [-0.05, 0) is 18.6 Å². The van der Waals surface area contributed by atoms with Crippen molar-refractivity contribution in [2.75, 3.05) is 5.32 Å². The minimum Gasteiger partial charge on any atom is -0.331 e. The van der Waals surface area contributed by atoms with Crippen LogP contribution in [0.2, 0.25) is 5.02 Å². The Balaban J connectivity index is 1.80. The second-order valence-electron chi connectivity index (χ2n) is 6.71. The highest BCUT2D eigenvalue weighted by Gasteiger charge is 2.29. The molecular formula is C20H17ClN6O3. The third kappa shape index (κ3) is 3.87. The minimum absolute atomic E-state index is 0.132. The van der Waals surface area contributed by atoms with E-state index in [1.165, 1.54) is 28.8 Å². The number of benzene rings is 2. The summed E-state index contributed by atoms with van der Waals surface area (Å²) in [5.74, 6) is 0.655. The first-order valence-electron chi connectivity index (χ1n) is 9.08. The molecule has 3 aromatic rings. The summed E-state index contributed by atoms with van der Waals surface area (Å²) in [5.41, 5.74) is 1.44. The first kappa shape index (κ1) is 19.6. The van der Waals surface area contributed by atoms with Gasteiger partial charge in [-0.15, -0.1) is 0 Å². The average Bonchev–Trinajstić information content (AvgIpc) is 2.72. The smallest absolute Gasteiger partial charge is 0.269 e. The van der Waals surface area contributed by atoms with Crippen LogP contribution in [0.5, 0.6) is 0 Å². The monoisotopic (exact) mass is 424 g/mol. The van der Waals surface area contributed by atoms with Crippen LogP contribution < -0.4 is 16.2 Å². The normalized spacial score (nSPS) is 16.5. The molecule has 2 aromatic carbocycles. The summed E-state index contributed by atoms with van der Waals surface area (Å²) in [7, 11) is 0. The highest BCUT2D eigenvalue weighted by atomic mass is 35.5. The lowest BCUT2D eigenvalue weighted by Crippen LogP contribution is -2.48. The molecule has 1 atom stereocenters. The van der Waals surface area contributed by atoms with E-state index >= 15 is 0 Å². The van der Waals surface area contributed by atoms with Crippen molar-refractivity contribution in [2.45, 2.75) is 19.6 Å². The average molecular weight is 425 g/mol. The number of aliphatic imine (C=N–C) groups is 1. The van der Waals surface area contributed by atoms with Crippen molar-refractivity contribution >= 4 is 29.2 Å². The summed E-state index contributed by atoms with van der Waals surface area (Å²) in [6, 6.07) is 15.1. The number of aryl methyl sites for hydroxylation is 1. The predicted octanol–water partition coefficient (Wildman–Crippen LogP) is 3.23. The number of halogens is 1. The Bertz CT molecular complexity index is 1210. The van der Waals surface area contributed by atoms with Gasteiger partial charge in [0.05, 0.1) is 11.5 Å². The van der Waals surface area contributed by atoms with Crippen LogP contribution >= 0.6 is 11.6 Å². The molecule has 4 rings (SSSR count). The van der Waals surface area contributed by atoms with Gasteiger partial charge in [-0.2, -0.15) is 0 Å². The van der Waals surface area contributed by atoms with Gasteiger partial charge in [0.1, 0.15) is 6.17 Å². The van der Waals surface area contributed by atoms with Gasteiger partial charge >= 0.3 is 0 Å². The number of non-ortho nitro benzene ring substituents is 1. The number of guanidine groups is 1. The number of aromatic nitrogens is 2. The van der Waals surface area contributed by atoms with E-state index in [2.05, 4.69) is 20.6 Å². The number of anilines is 1. The number of rotatable bonds is 4. The van der Waals surface area contributed by atoms with Gasteiger partial charge in [-0.1, -0.05) is 41.9 Å². The van der Waals surface area contributed by atoms with Crippen molar-refractivity contribution in [3.8, 4) is 0 Å². The number of nitrogens with zero attached hydrogens (tertiary/aromatic N) is 4. The lowest BCUT2D eigenvalue weighted by Gasteiger charge is -2.31. The zero-order chi connectivity index (χ0) is 21.3. The number of nitro benzene ring substituents is 1. The van der Waals surface area contributed by atoms with Crippen LogP contribution in [0.25, 0.3) is 0 Å². The Morgan fingerprint density at radius 1 is 1.23 bits per heavy atom. The highest BCUT2D eigenvalue weighted by molar-refractivity contribution is 6.31. The first-order valence-corrected chi connectivity index (χ1v) is 9.46. The maximum atomic E-state index is 12.7. The molecule has 0 unspecified atom stereocenters. The van der Waals surface area contributed by atoms with Crippen LogP contribution in [0.3, 0.4) is 0 Å². The molecule has 1 aromatic heterocycles. The fourth-order valence-electron chi connectivity index (χ4n) is 3.19. The molecule has 0 radical (unpaired) electrons. The molecule has 152 valence electrons. The van der Waals surface area contributed by atoms with E-state index in [0.29, 0.717) is 23.8 Å². The molecule has 1 aliphatic rings. The zero-order valence-electron chi connectivity index (χ0n) is 15.9. The van der Waals surface area contributed by atoms with E-state index in [-0.39, 0.29) is 22.2 Å². The molecular weight excluding hydrogens is 408 g/mol. The maximum Gasteiger partial charge on any atom is 0.269 e. The van der Waals surface area contributed by atoms with Crippen molar-refractivity contribution in [3.05, 3.63) is 96.9 Å². The van der Waals surface area contributed by atoms with Gasteiger partial charge in [-0.25, -0.2) is 9.98 Å². The third-order valence-electron chi connectivity index (χ3n) is 4.59. The Labute approximate surface area is 176 Å². The Morgan fingerprint density at radius 2 is 2.00 bits per heavy atom. The molecule has 30 heavy (non-hydrogen) atoms. The van der Waals surface area contributed by atoms with Gasteiger partial charge < -0.3 is 5.32 Å². The maximum absolute atomic E-state index is 12.7. The van der Waals surface area contributed by atoms with E-state index in [9.17, 15) is 14.9 Å². The van der Waals surface area contributed by atoms with Gasteiger partial charge in [-0.3, -0.25) is 24.8 Å². The molecule has 2 N–H and O–H groups in total. The summed E-state index contributed by atoms with van der Waals surface area (Å²) in [4.78, 5) is 32.4. The lowest BCUT2D eigenvalue weighted by molar-refractivity contribution is -0.384. The van der Waals surface area contributed by atoms with E-state index < -0.39 is 11.1 Å². The van der Waals surface area contributed by atoms with E-state index in [1.54, 1.807) is 6.92 Å². The number of nitrogens with one attached hydrogen (secondary N) is 2. The molecule has 9 nitrogen and oxygen atoms in total. The van der Waals surface area contributed by atoms with Crippen LogP contribution in [0.1, 0.15) is 23.0 Å². The Morgan fingerprint density at radius 3 is 2.73 bits per heavy atom. The molecule has 0 amide bonds. The molecule has 2 heterocycles. The van der Waals surface area contributed by atoms with Gasteiger partial charge in [0.25, 0.3) is 11.2 Å². The number of hydrogen-bond donors (Lipinski definition) is 2. The number of hydrogen-bond acceptors (Lipinski definition) is 5. The second-order valence-corrected chi connectivity index (χ2v) is 7.12. The Hall–Kier alpha value is -3.72. The molecule has 0 bridgehead atoms. The number of fused-ring (bicyclic) bond motifs is 1. The van der Waals surface area contributed by atoms with Crippen molar-refractivity contribution in [1.82, 2.24) is 14.9 Å². The molecule has 10 heteroatoms. The van der Waals surface area contributed by atoms with Crippen molar-refractivity contribution in [3.63, 3.8) is 0 Å². The second kappa shape index (κ2) is 7.96. The lowest BCUT2D eigenvalue weighted by atomic mass is 10.1. The third-order valence-corrected chi connectivity index (χ3v) is 4.93. The number of nitro groups is 1. The molecule has 0 fully saturated rings. The molecule has 0 saturated carbocycles. The van der Waals surface area contributed by atoms with Gasteiger partial charge in [0.15, 0.2) is 5.96 Å². The molecule has 1 aliphatic heterocycles. The predicted molar refractivity (Wildman–Crippen MR) is 114 cm³/mol. The summed E-state index contributed by atoms with van der Waals surface area (Å²) in [6.07, 6.45) is -0.816. The van der Waals surface area contributed by atoms with Crippen LogP contribution in [0.15, 0.2) is 64.4 Å². The van der Waals surface area contributed by atoms with Crippen LogP contribution in [0, 0.1) is 17.0 Å². The summed E-state index contributed by atoms with van der Waals surface area (Å²) in [6.45, 7) is 2.10. The quantitative estimate of drug-likeness (QED) is 0.491. The largest absolute Gasteiger partial charge is 0.331 e. The molecule has 0 aliphatic carbocycles. The minimum atomic E-state index is -0.816. The van der Waals surface area contributed by atoms with E-state index in [4.69, 9.17) is 11.6 Å². The first-order chi connectivity index (χ1) is 14.4. The highest BCUT2D eigenvalue weighted by Crippen LogP contribution is 2.30. The van der Waals surface area contributed by atoms with Crippen molar-refractivity contribution < 1.29 is 4.92 Å². The summed E-state index contributed by atoms with van der Waals surface area (Å²) in [5, 5.41) is 17.7. The molecule has 0 saturated heterocycles. The molecule has 0 spiro atoms. The standard InChI is InChI=1S/C20H17ClN6O3/c1-12-9-17(28)26-18(15-10-14(27(29)30)7-8-16(15)21)24-19(25-20(26)23-12)22-11-13-5-3-2-4-6-13/h2-10,18H,11H2,1H3,(H2,22,23,24,25)/t18-/m0/s1. The van der Waals surface area contributed by atoms with Crippen molar-refractivity contribution in [1.29, 1.82) is 0 Å². The topological polar surface area (TPSA) is 114 Å². The van der Waals surface area contributed by atoms with E-state index in [1.807, 2.05) is 30.3 Å². The van der Waals surface area contributed by atoms with Gasteiger partial charge in [0, 0.05) is 34.5 Å². The van der Waals surface area contributed by atoms with Gasteiger partial charge in [0.2, 0.25) is 5.95 Å². The Kier molecular flexibility index (Phi) is 5.20.